The fourth-order valence-electron chi connectivity index (χ4n) is 6.63. The second-order valence-corrected chi connectivity index (χ2v) is 11.0. The van der Waals surface area contributed by atoms with Gasteiger partial charge in [-0.2, -0.15) is 0 Å². The molecule has 0 aromatic carbocycles. The molecule has 1 N–H and O–H groups in total. The molecule has 0 aromatic rings. The van der Waals surface area contributed by atoms with Crippen molar-refractivity contribution in [2.45, 2.75) is 79.1 Å². The van der Waals surface area contributed by atoms with Crippen molar-refractivity contribution in [1.29, 1.82) is 0 Å². The molecular weight excluding hydrogens is 436 g/mol. The SMILES string of the molecule is CC(=O)OC1CC2C(C)(C=CC(=O)C2(C)C)CCC(=O)C2=C(CCC2C2=CC(=O)OC2O)C1C. The van der Waals surface area contributed by atoms with Crippen molar-refractivity contribution in [1.82, 2.24) is 0 Å². The zero-order chi connectivity index (χ0) is 25.0. The molecule has 6 atom stereocenters. The minimum Gasteiger partial charge on any atom is -0.462 e. The van der Waals surface area contributed by atoms with Gasteiger partial charge in [0, 0.05) is 47.8 Å². The Labute approximate surface area is 200 Å². The number of hydrogen-bond donors (Lipinski definition) is 1. The third-order valence-electron chi connectivity index (χ3n) is 8.60. The Balaban J connectivity index is 1.81. The van der Waals surface area contributed by atoms with E-state index in [1.807, 2.05) is 26.8 Å². The first-order valence-corrected chi connectivity index (χ1v) is 12.1. The summed E-state index contributed by atoms with van der Waals surface area (Å²) in [6, 6.07) is 0. The number of hydrogen-bond acceptors (Lipinski definition) is 7. The van der Waals surface area contributed by atoms with Crippen molar-refractivity contribution >= 4 is 23.5 Å². The number of carbonyl (C=O) groups is 4. The second-order valence-electron chi connectivity index (χ2n) is 11.0. The molecule has 0 aromatic heterocycles. The molecule has 1 aliphatic heterocycles. The average molecular weight is 471 g/mol. The quantitative estimate of drug-likeness (QED) is 0.615. The van der Waals surface area contributed by atoms with E-state index in [9.17, 15) is 24.3 Å². The molecule has 0 radical (unpaired) electrons. The van der Waals surface area contributed by atoms with Gasteiger partial charge in [0.05, 0.1) is 0 Å². The van der Waals surface area contributed by atoms with Gasteiger partial charge < -0.3 is 14.6 Å². The number of aliphatic hydroxyl groups is 1. The lowest BCUT2D eigenvalue weighted by atomic mass is 9.55. The summed E-state index contributed by atoms with van der Waals surface area (Å²) in [6.07, 6.45) is 5.52. The molecule has 0 saturated heterocycles. The Morgan fingerprint density at radius 1 is 1.18 bits per heavy atom. The topological polar surface area (TPSA) is 107 Å². The number of ketones is 2. The third kappa shape index (κ3) is 4.08. The van der Waals surface area contributed by atoms with Crippen LogP contribution in [-0.4, -0.2) is 41.0 Å². The standard InChI is InChI=1S/C27H34O7/c1-14-16-6-7-17(18-12-23(31)34-25(18)32)24(16)19(29)8-10-27(5)11-9-22(30)26(3,4)21(27)13-20(14)33-15(2)28/h9,11-12,14,17,20-21,25,32H,6-8,10,13H2,1-5H3. The highest BCUT2D eigenvalue weighted by molar-refractivity contribution is 5.99. The molecule has 1 heterocycles. The zero-order valence-electron chi connectivity index (χ0n) is 20.6. The summed E-state index contributed by atoms with van der Waals surface area (Å²) < 4.78 is 10.7. The number of allylic oxidation sites excluding steroid dienone is 3. The summed E-state index contributed by atoms with van der Waals surface area (Å²) in [5.74, 6) is -1.74. The van der Waals surface area contributed by atoms with Crippen LogP contribution in [0.15, 0.2) is 34.9 Å². The van der Waals surface area contributed by atoms with Crippen molar-refractivity contribution in [3.63, 3.8) is 0 Å². The van der Waals surface area contributed by atoms with Crippen LogP contribution >= 0.6 is 0 Å². The minimum absolute atomic E-state index is 0.0247. The number of ether oxygens (including phenoxy) is 2. The Morgan fingerprint density at radius 2 is 1.88 bits per heavy atom. The van der Waals surface area contributed by atoms with E-state index in [2.05, 4.69) is 6.92 Å². The van der Waals surface area contributed by atoms with Crippen LogP contribution in [0, 0.1) is 28.6 Å². The van der Waals surface area contributed by atoms with E-state index in [1.165, 1.54) is 13.0 Å². The van der Waals surface area contributed by atoms with Gasteiger partial charge in [-0.1, -0.05) is 39.3 Å². The largest absolute Gasteiger partial charge is 0.462 e. The first-order valence-electron chi connectivity index (χ1n) is 12.1. The van der Waals surface area contributed by atoms with Crippen LogP contribution in [0.3, 0.4) is 0 Å². The smallest absolute Gasteiger partial charge is 0.333 e. The van der Waals surface area contributed by atoms with Gasteiger partial charge >= 0.3 is 11.9 Å². The Hall–Kier alpha value is -2.54. The number of esters is 2. The second kappa shape index (κ2) is 8.59. The van der Waals surface area contributed by atoms with Crippen LogP contribution < -0.4 is 0 Å². The van der Waals surface area contributed by atoms with Crippen LogP contribution in [0.4, 0.5) is 0 Å². The maximum absolute atomic E-state index is 13.7. The van der Waals surface area contributed by atoms with Crippen molar-refractivity contribution in [3.8, 4) is 0 Å². The van der Waals surface area contributed by atoms with Crippen molar-refractivity contribution in [3.05, 3.63) is 34.9 Å². The van der Waals surface area contributed by atoms with E-state index in [4.69, 9.17) is 9.47 Å². The van der Waals surface area contributed by atoms with E-state index in [-0.39, 0.29) is 23.4 Å². The first-order chi connectivity index (χ1) is 15.8. The Morgan fingerprint density at radius 3 is 2.50 bits per heavy atom. The lowest BCUT2D eigenvalue weighted by molar-refractivity contribution is -0.152. The van der Waals surface area contributed by atoms with Crippen LogP contribution in [0.25, 0.3) is 0 Å². The molecule has 7 heteroatoms. The van der Waals surface area contributed by atoms with Crippen LogP contribution in [0.2, 0.25) is 0 Å². The highest BCUT2D eigenvalue weighted by atomic mass is 16.6. The number of fused-ring (bicyclic) bond motifs is 1. The van der Waals surface area contributed by atoms with E-state index in [1.54, 1.807) is 6.08 Å². The molecule has 0 saturated carbocycles. The average Bonchev–Trinajstić information content (AvgIpc) is 3.33. The van der Waals surface area contributed by atoms with Gasteiger partial charge in [-0.3, -0.25) is 14.4 Å². The maximum Gasteiger partial charge on any atom is 0.333 e. The van der Waals surface area contributed by atoms with E-state index in [0.29, 0.717) is 43.3 Å². The molecule has 4 rings (SSSR count). The highest BCUT2D eigenvalue weighted by Gasteiger charge is 2.51. The predicted molar refractivity (Wildman–Crippen MR) is 123 cm³/mol. The fraction of sp³-hybridized carbons (Fsp3) is 0.630. The molecule has 0 bridgehead atoms. The van der Waals surface area contributed by atoms with Gasteiger partial charge in [-0.15, -0.1) is 0 Å². The van der Waals surface area contributed by atoms with Gasteiger partial charge in [0.2, 0.25) is 6.29 Å². The Bertz CT molecular complexity index is 1030. The predicted octanol–water partition coefficient (Wildman–Crippen LogP) is 3.60. The number of Topliss-reactive ketones (excluding diaryl/α,β-unsaturated/α-hetero) is 1. The van der Waals surface area contributed by atoms with Gasteiger partial charge in [-0.25, -0.2) is 4.79 Å². The number of rotatable bonds is 2. The molecule has 4 aliphatic rings. The van der Waals surface area contributed by atoms with E-state index < -0.39 is 41.1 Å². The first kappa shape index (κ1) is 24.6. The summed E-state index contributed by atoms with van der Waals surface area (Å²) in [7, 11) is 0. The monoisotopic (exact) mass is 470 g/mol. The van der Waals surface area contributed by atoms with Crippen molar-refractivity contribution in [2.75, 3.05) is 0 Å². The van der Waals surface area contributed by atoms with Gasteiger partial charge in [0.15, 0.2) is 11.6 Å². The van der Waals surface area contributed by atoms with Crippen molar-refractivity contribution in [2.24, 2.45) is 28.6 Å². The summed E-state index contributed by atoms with van der Waals surface area (Å²) in [5, 5.41) is 10.3. The van der Waals surface area contributed by atoms with Gasteiger partial charge in [0.25, 0.3) is 0 Å². The molecule has 3 aliphatic carbocycles. The molecule has 0 fully saturated rings. The Kier molecular flexibility index (Phi) is 6.21. The molecule has 6 unspecified atom stereocenters. The number of aliphatic hydroxyl groups excluding tert-OH is 1. The van der Waals surface area contributed by atoms with E-state index >= 15 is 0 Å². The molecule has 7 nitrogen and oxygen atoms in total. The van der Waals surface area contributed by atoms with Crippen molar-refractivity contribution < 1.29 is 33.8 Å². The van der Waals surface area contributed by atoms with Gasteiger partial charge in [0.1, 0.15) is 6.10 Å². The number of carbonyl (C=O) groups excluding carboxylic acids is 4. The molecule has 34 heavy (non-hydrogen) atoms. The summed E-state index contributed by atoms with van der Waals surface area (Å²) in [6.45, 7) is 9.29. The molecular formula is C27H34O7. The zero-order valence-corrected chi connectivity index (χ0v) is 20.6. The molecule has 0 amide bonds. The van der Waals surface area contributed by atoms with Crippen LogP contribution in [0.5, 0.6) is 0 Å². The van der Waals surface area contributed by atoms with Gasteiger partial charge in [-0.05, 0) is 43.1 Å². The summed E-state index contributed by atoms with van der Waals surface area (Å²) in [4.78, 5) is 50.4. The summed E-state index contributed by atoms with van der Waals surface area (Å²) in [5.41, 5.74) is 0.862. The third-order valence-corrected chi connectivity index (χ3v) is 8.60. The minimum atomic E-state index is -1.35. The van der Waals surface area contributed by atoms with E-state index in [0.717, 1.165) is 5.57 Å². The lowest BCUT2D eigenvalue weighted by Gasteiger charge is -2.49. The fourth-order valence-corrected chi connectivity index (χ4v) is 6.63. The molecule has 184 valence electrons. The normalized spacial score (nSPS) is 37.6. The number of cyclic esters (lactones) is 1. The van der Waals surface area contributed by atoms with Crippen LogP contribution in [-0.2, 0) is 28.7 Å². The summed E-state index contributed by atoms with van der Waals surface area (Å²) >= 11 is 0. The molecule has 0 spiro atoms. The van der Waals surface area contributed by atoms with Crippen LogP contribution in [0.1, 0.15) is 66.7 Å². The highest BCUT2D eigenvalue weighted by Crippen LogP contribution is 2.54. The lowest BCUT2D eigenvalue weighted by Crippen LogP contribution is -2.48. The maximum atomic E-state index is 13.7.